The number of carboxylic acid groups (broad SMARTS) is 1. The fourth-order valence-electron chi connectivity index (χ4n) is 0.499. The molecule has 0 aromatic rings. The number of methoxy groups -OCH3 is 1. The van der Waals surface area contributed by atoms with Crippen LogP contribution in [0.3, 0.4) is 0 Å². The van der Waals surface area contributed by atoms with Gasteiger partial charge in [-0.25, -0.2) is 17.9 Å². The molecular weight excluding hydrogens is 186 g/mol. The van der Waals surface area contributed by atoms with E-state index in [9.17, 15) is 13.2 Å². The van der Waals surface area contributed by atoms with E-state index in [1.54, 1.807) is 0 Å². The Morgan fingerprint density at radius 1 is 1.67 bits per heavy atom. The predicted molar refractivity (Wildman–Crippen MR) is 41.3 cm³/mol. The monoisotopic (exact) mass is 197 g/mol. The minimum absolute atomic E-state index is 0.259. The summed E-state index contributed by atoms with van der Waals surface area (Å²) in [6.07, 6.45) is -0.193. The van der Waals surface area contributed by atoms with E-state index in [4.69, 9.17) is 5.11 Å². The summed E-state index contributed by atoms with van der Waals surface area (Å²) in [7, 11) is -2.16. The Balaban J connectivity index is 3.98. The summed E-state index contributed by atoms with van der Waals surface area (Å²) in [6, 6.07) is 0. The van der Waals surface area contributed by atoms with E-state index in [0.29, 0.717) is 0 Å². The van der Waals surface area contributed by atoms with Gasteiger partial charge in [-0.2, -0.15) is 0 Å². The van der Waals surface area contributed by atoms with Gasteiger partial charge in [0.15, 0.2) is 6.10 Å². The van der Waals surface area contributed by atoms with Crippen molar-refractivity contribution in [3.63, 3.8) is 0 Å². The normalized spacial score (nSPS) is 14.2. The third-order valence-corrected chi connectivity index (χ3v) is 1.78. The molecule has 0 aliphatic carbocycles. The lowest BCUT2D eigenvalue weighted by Crippen LogP contribution is -2.37. The molecule has 12 heavy (non-hydrogen) atoms. The van der Waals surface area contributed by atoms with E-state index >= 15 is 0 Å². The molecule has 0 fully saturated rings. The van der Waals surface area contributed by atoms with E-state index in [1.165, 1.54) is 7.11 Å². The number of nitrogens with one attached hydrogen (secondary N) is 1. The Hall–Kier alpha value is -0.660. The Labute approximate surface area is 70.6 Å². The maximum absolute atomic E-state index is 10.5. The van der Waals surface area contributed by atoms with Crippen molar-refractivity contribution in [1.82, 2.24) is 4.72 Å². The second-order valence-electron chi connectivity index (χ2n) is 2.18. The van der Waals surface area contributed by atoms with Gasteiger partial charge in [-0.3, -0.25) is 0 Å². The third-order valence-electron chi connectivity index (χ3n) is 1.09. The van der Waals surface area contributed by atoms with Crippen molar-refractivity contribution in [2.45, 2.75) is 6.10 Å². The molecule has 7 heteroatoms. The van der Waals surface area contributed by atoms with Gasteiger partial charge < -0.3 is 9.84 Å². The average molecular weight is 197 g/mol. The van der Waals surface area contributed by atoms with Gasteiger partial charge in [-0.15, -0.1) is 0 Å². The van der Waals surface area contributed by atoms with Crippen molar-refractivity contribution >= 4 is 16.0 Å². The van der Waals surface area contributed by atoms with Gasteiger partial charge >= 0.3 is 5.97 Å². The molecule has 0 aliphatic heterocycles. The SMILES string of the molecule is COC(CNS(C)(=O)=O)C(=O)O. The number of hydrogen-bond acceptors (Lipinski definition) is 4. The van der Waals surface area contributed by atoms with Crippen molar-refractivity contribution in [3.05, 3.63) is 0 Å². The van der Waals surface area contributed by atoms with E-state index in [0.717, 1.165) is 6.26 Å². The van der Waals surface area contributed by atoms with Crippen LogP contribution in [0.2, 0.25) is 0 Å². The molecule has 1 atom stereocenters. The van der Waals surface area contributed by atoms with Gasteiger partial charge in [0.1, 0.15) is 0 Å². The molecule has 6 nitrogen and oxygen atoms in total. The predicted octanol–water partition coefficient (Wildman–Crippen LogP) is -1.36. The number of carbonyl (C=O) groups is 1. The van der Waals surface area contributed by atoms with Crippen LogP contribution in [0, 0.1) is 0 Å². The molecule has 0 saturated carbocycles. The van der Waals surface area contributed by atoms with E-state index in [2.05, 4.69) is 4.74 Å². The molecular formula is C5H11NO5S. The van der Waals surface area contributed by atoms with Crippen LogP contribution in [-0.4, -0.2) is 45.5 Å². The van der Waals surface area contributed by atoms with Gasteiger partial charge in [0.25, 0.3) is 0 Å². The minimum atomic E-state index is -3.36. The van der Waals surface area contributed by atoms with Gasteiger partial charge in [0.05, 0.1) is 6.26 Å². The quantitative estimate of drug-likeness (QED) is 0.567. The molecule has 1 unspecified atom stereocenters. The molecule has 0 bridgehead atoms. The van der Waals surface area contributed by atoms with Crippen molar-refractivity contribution in [2.75, 3.05) is 19.9 Å². The highest BCUT2D eigenvalue weighted by atomic mass is 32.2. The molecule has 0 amide bonds. The van der Waals surface area contributed by atoms with E-state index in [-0.39, 0.29) is 6.54 Å². The van der Waals surface area contributed by atoms with Crippen molar-refractivity contribution in [2.24, 2.45) is 0 Å². The molecule has 0 rings (SSSR count). The summed E-state index contributed by atoms with van der Waals surface area (Å²) in [6.45, 7) is -0.259. The first-order valence-electron chi connectivity index (χ1n) is 3.07. The number of hydrogen-bond donors (Lipinski definition) is 2. The molecule has 0 aromatic heterocycles. The number of aliphatic carboxylic acids is 1. The topological polar surface area (TPSA) is 92.7 Å². The highest BCUT2D eigenvalue weighted by molar-refractivity contribution is 7.88. The molecule has 0 spiro atoms. The lowest BCUT2D eigenvalue weighted by molar-refractivity contribution is -0.147. The highest BCUT2D eigenvalue weighted by Gasteiger charge is 2.17. The van der Waals surface area contributed by atoms with E-state index < -0.39 is 22.1 Å². The number of rotatable bonds is 5. The Morgan fingerprint density at radius 2 is 2.17 bits per heavy atom. The fraction of sp³-hybridized carbons (Fsp3) is 0.800. The second-order valence-corrected chi connectivity index (χ2v) is 4.02. The average Bonchev–Trinajstić information content (AvgIpc) is 1.85. The smallest absolute Gasteiger partial charge is 0.334 e. The summed E-state index contributed by atoms with van der Waals surface area (Å²) in [5.41, 5.74) is 0. The Morgan fingerprint density at radius 3 is 2.42 bits per heavy atom. The van der Waals surface area contributed by atoms with Crippen molar-refractivity contribution in [3.8, 4) is 0 Å². The third kappa shape index (κ3) is 5.05. The molecule has 0 aliphatic rings. The Bertz CT molecular complexity index is 247. The summed E-state index contributed by atoms with van der Waals surface area (Å²) in [5, 5.41) is 8.41. The van der Waals surface area contributed by atoms with Crippen molar-refractivity contribution in [1.29, 1.82) is 0 Å². The molecule has 72 valence electrons. The fourth-order valence-corrected chi connectivity index (χ4v) is 0.953. The largest absolute Gasteiger partial charge is 0.479 e. The summed E-state index contributed by atoms with van der Waals surface area (Å²) < 4.78 is 27.5. The van der Waals surface area contributed by atoms with Gasteiger partial charge in [-0.05, 0) is 0 Å². The maximum Gasteiger partial charge on any atom is 0.334 e. The van der Waals surface area contributed by atoms with Crippen LogP contribution in [0.25, 0.3) is 0 Å². The van der Waals surface area contributed by atoms with Crippen molar-refractivity contribution < 1.29 is 23.1 Å². The van der Waals surface area contributed by atoms with Crippen LogP contribution in [-0.2, 0) is 19.6 Å². The summed E-state index contributed by atoms with van der Waals surface area (Å²) >= 11 is 0. The lowest BCUT2D eigenvalue weighted by Gasteiger charge is -2.09. The molecule has 0 heterocycles. The van der Waals surface area contributed by atoms with Crippen LogP contribution >= 0.6 is 0 Å². The van der Waals surface area contributed by atoms with Gasteiger partial charge in [-0.1, -0.05) is 0 Å². The molecule has 0 aromatic carbocycles. The Kier molecular flexibility index (Phi) is 4.15. The summed E-state index contributed by atoms with van der Waals surface area (Å²) in [4.78, 5) is 10.3. The van der Waals surface area contributed by atoms with Crippen LogP contribution in [0.5, 0.6) is 0 Å². The van der Waals surface area contributed by atoms with Gasteiger partial charge in [0, 0.05) is 13.7 Å². The van der Waals surface area contributed by atoms with Crippen LogP contribution in [0.4, 0.5) is 0 Å². The summed E-state index contributed by atoms with van der Waals surface area (Å²) in [5.74, 6) is -1.20. The zero-order chi connectivity index (χ0) is 9.78. The molecule has 0 radical (unpaired) electrons. The molecule has 0 saturated heterocycles. The zero-order valence-electron chi connectivity index (χ0n) is 6.77. The van der Waals surface area contributed by atoms with Gasteiger partial charge in [0.2, 0.25) is 10.0 Å². The first-order chi connectivity index (χ1) is 5.37. The van der Waals surface area contributed by atoms with Crippen LogP contribution in [0.1, 0.15) is 0 Å². The first kappa shape index (κ1) is 11.3. The number of ether oxygens (including phenoxy) is 1. The lowest BCUT2D eigenvalue weighted by atomic mass is 10.4. The molecule has 2 N–H and O–H groups in total. The maximum atomic E-state index is 10.5. The van der Waals surface area contributed by atoms with Crippen LogP contribution < -0.4 is 4.72 Å². The second kappa shape index (κ2) is 4.39. The zero-order valence-corrected chi connectivity index (χ0v) is 7.59. The first-order valence-corrected chi connectivity index (χ1v) is 4.96. The number of carboxylic acids is 1. The number of sulfonamides is 1. The highest BCUT2D eigenvalue weighted by Crippen LogP contribution is 1.88. The minimum Gasteiger partial charge on any atom is -0.479 e. The van der Waals surface area contributed by atoms with Crippen LogP contribution in [0.15, 0.2) is 0 Å². The van der Waals surface area contributed by atoms with E-state index in [1.807, 2.05) is 4.72 Å². The standard InChI is InChI=1S/C5H11NO5S/c1-11-4(5(7)8)3-6-12(2,9)10/h4,6H,3H2,1-2H3,(H,7,8).